The first kappa shape index (κ1) is 14.0. The first-order valence-corrected chi connectivity index (χ1v) is 6.84. The molecule has 0 aliphatic rings. The minimum atomic E-state index is -0.267. The highest BCUT2D eigenvalue weighted by Crippen LogP contribution is 2.23. The van der Waals surface area contributed by atoms with Crippen LogP contribution in [0.1, 0.15) is 5.69 Å². The zero-order valence-electron chi connectivity index (χ0n) is 12.6. The van der Waals surface area contributed by atoms with E-state index in [0.29, 0.717) is 11.5 Å². The van der Waals surface area contributed by atoms with E-state index in [1.165, 1.54) is 0 Å². The van der Waals surface area contributed by atoms with Crippen LogP contribution in [0.15, 0.2) is 30.5 Å². The van der Waals surface area contributed by atoms with Crippen molar-refractivity contribution in [3.8, 4) is 11.4 Å². The lowest BCUT2D eigenvalue weighted by molar-refractivity contribution is 0.254. The van der Waals surface area contributed by atoms with Crippen LogP contribution in [0.25, 0.3) is 22.4 Å². The third-order valence-electron chi connectivity index (χ3n) is 3.39. The fourth-order valence-electron chi connectivity index (χ4n) is 2.22. The summed E-state index contributed by atoms with van der Waals surface area (Å²) in [6.07, 6.45) is 1.76. The van der Waals surface area contributed by atoms with Gasteiger partial charge in [0.15, 0.2) is 11.5 Å². The van der Waals surface area contributed by atoms with Crippen molar-refractivity contribution in [2.24, 2.45) is 7.05 Å². The molecular weight excluding hydrogens is 280 g/mol. The molecule has 3 aromatic rings. The smallest absolute Gasteiger partial charge is 0.318 e. The Hall–Kier alpha value is -2.96. The SMILES string of the molecule is CNC(=O)Nc1cccc(-c2nc(C)c3cnn(C)c3n2)c1. The highest BCUT2D eigenvalue weighted by Gasteiger charge is 2.10. The molecule has 1 aromatic carbocycles. The fraction of sp³-hybridized carbons (Fsp3) is 0.200. The molecule has 0 aliphatic carbocycles. The van der Waals surface area contributed by atoms with E-state index in [2.05, 4.69) is 25.7 Å². The summed E-state index contributed by atoms with van der Waals surface area (Å²) in [5.41, 5.74) is 3.17. The zero-order chi connectivity index (χ0) is 15.7. The number of benzene rings is 1. The van der Waals surface area contributed by atoms with Crippen LogP contribution < -0.4 is 10.6 Å². The van der Waals surface area contributed by atoms with Gasteiger partial charge in [0.2, 0.25) is 0 Å². The second-order valence-corrected chi connectivity index (χ2v) is 4.92. The van der Waals surface area contributed by atoms with Crippen molar-refractivity contribution < 1.29 is 4.79 Å². The number of aryl methyl sites for hydroxylation is 2. The molecule has 0 saturated carbocycles. The van der Waals surface area contributed by atoms with Gasteiger partial charge in [0, 0.05) is 25.3 Å². The summed E-state index contributed by atoms with van der Waals surface area (Å²) in [4.78, 5) is 20.5. The van der Waals surface area contributed by atoms with Gasteiger partial charge in [0.05, 0.1) is 17.3 Å². The third-order valence-corrected chi connectivity index (χ3v) is 3.39. The van der Waals surface area contributed by atoms with Crippen molar-refractivity contribution in [1.82, 2.24) is 25.1 Å². The number of rotatable bonds is 2. The second-order valence-electron chi connectivity index (χ2n) is 4.92. The molecule has 0 fully saturated rings. The van der Waals surface area contributed by atoms with Crippen LogP contribution in [0.5, 0.6) is 0 Å². The standard InChI is InChI=1S/C15H16N6O/c1-9-12-8-17-21(3)14(12)20-13(18-9)10-5-4-6-11(7-10)19-15(22)16-2/h4-8H,1-3H3,(H2,16,19,22). The lowest BCUT2D eigenvalue weighted by Gasteiger charge is -2.07. The summed E-state index contributed by atoms with van der Waals surface area (Å²) >= 11 is 0. The highest BCUT2D eigenvalue weighted by molar-refractivity contribution is 5.89. The largest absolute Gasteiger partial charge is 0.341 e. The Morgan fingerprint density at radius 1 is 1.27 bits per heavy atom. The monoisotopic (exact) mass is 296 g/mol. The average molecular weight is 296 g/mol. The Balaban J connectivity index is 2.05. The third kappa shape index (κ3) is 2.48. The summed E-state index contributed by atoms with van der Waals surface area (Å²) in [7, 11) is 3.42. The summed E-state index contributed by atoms with van der Waals surface area (Å²) in [6, 6.07) is 7.15. The normalized spacial score (nSPS) is 10.7. The van der Waals surface area contributed by atoms with Crippen molar-refractivity contribution in [1.29, 1.82) is 0 Å². The number of carbonyl (C=O) groups is 1. The zero-order valence-corrected chi connectivity index (χ0v) is 12.6. The van der Waals surface area contributed by atoms with Crippen LogP contribution in [0.3, 0.4) is 0 Å². The van der Waals surface area contributed by atoms with Gasteiger partial charge in [-0.2, -0.15) is 5.10 Å². The van der Waals surface area contributed by atoms with E-state index in [9.17, 15) is 4.79 Å². The van der Waals surface area contributed by atoms with E-state index in [1.807, 2.05) is 38.2 Å². The van der Waals surface area contributed by atoms with E-state index in [-0.39, 0.29) is 6.03 Å². The number of urea groups is 1. The first-order valence-electron chi connectivity index (χ1n) is 6.84. The molecule has 2 N–H and O–H groups in total. The van der Waals surface area contributed by atoms with E-state index in [4.69, 9.17) is 0 Å². The molecule has 0 aliphatic heterocycles. The van der Waals surface area contributed by atoms with Crippen molar-refractivity contribution in [2.75, 3.05) is 12.4 Å². The maximum absolute atomic E-state index is 11.4. The number of amides is 2. The Kier molecular flexibility index (Phi) is 3.46. The van der Waals surface area contributed by atoms with Crippen LogP contribution in [0, 0.1) is 6.92 Å². The molecule has 2 amide bonds. The minimum absolute atomic E-state index is 0.267. The Labute approximate surface area is 127 Å². The number of fused-ring (bicyclic) bond motifs is 1. The lowest BCUT2D eigenvalue weighted by atomic mass is 10.1. The van der Waals surface area contributed by atoms with E-state index in [1.54, 1.807) is 17.9 Å². The summed E-state index contributed by atoms with van der Waals surface area (Å²) in [6.45, 7) is 1.93. The van der Waals surface area contributed by atoms with Gasteiger partial charge in [-0.3, -0.25) is 4.68 Å². The number of hydrogen-bond donors (Lipinski definition) is 2. The molecule has 7 heteroatoms. The number of anilines is 1. The molecule has 3 rings (SSSR count). The molecule has 0 saturated heterocycles. The van der Waals surface area contributed by atoms with Gasteiger partial charge < -0.3 is 10.6 Å². The van der Waals surface area contributed by atoms with Gasteiger partial charge in [-0.25, -0.2) is 14.8 Å². The van der Waals surface area contributed by atoms with Crippen molar-refractivity contribution in [3.63, 3.8) is 0 Å². The van der Waals surface area contributed by atoms with Gasteiger partial charge in [0.25, 0.3) is 0 Å². The molecule has 2 heterocycles. The van der Waals surface area contributed by atoms with Gasteiger partial charge in [0.1, 0.15) is 0 Å². The Morgan fingerprint density at radius 3 is 2.86 bits per heavy atom. The molecule has 0 atom stereocenters. The van der Waals surface area contributed by atoms with Gasteiger partial charge in [-0.05, 0) is 19.1 Å². The van der Waals surface area contributed by atoms with Crippen molar-refractivity contribution in [3.05, 3.63) is 36.2 Å². The highest BCUT2D eigenvalue weighted by atomic mass is 16.2. The second kappa shape index (κ2) is 5.44. The summed E-state index contributed by atoms with van der Waals surface area (Å²) < 4.78 is 1.72. The van der Waals surface area contributed by atoms with Crippen molar-refractivity contribution in [2.45, 2.75) is 6.92 Å². The molecule has 22 heavy (non-hydrogen) atoms. The minimum Gasteiger partial charge on any atom is -0.341 e. The van der Waals surface area contributed by atoms with Gasteiger partial charge in [-0.1, -0.05) is 12.1 Å². The quantitative estimate of drug-likeness (QED) is 0.758. The average Bonchev–Trinajstić information content (AvgIpc) is 2.89. The fourth-order valence-corrected chi connectivity index (χ4v) is 2.22. The van der Waals surface area contributed by atoms with E-state index < -0.39 is 0 Å². The van der Waals surface area contributed by atoms with Crippen LogP contribution in [-0.2, 0) is 7.05 Å². The number of nitrogens with one attached hydrogen (secondary N) is 2. The molecule has 0 radical (unpaired) electrons. The number of nitrogens with zero attached hydrogens (tertiary/aromatic N) is 4. The first-order chi connectivity index (χ1) is 10.6. The Morgan fingerprint density at radius 2 is 2.09 bits per heavy atom. The van der Waals surface area contributed by atoms with E-state index in [0.717, 1.165) is 22.3 Å². The Bertz CT molecular complexity index is 854. The lowest BCUT2D eigenvalue weighted by Crippen LogP contribution is -2.24. The number of carbonyl (C=O) groups excluding carboxylic acids is 1. The van der Waals surface area contributed by atoms with Crippen LogP contribution in [0.4, 0.5) is 10.5 Å². The van der Waals surface area contributed by atoms with Gasteiger partial charge >= 0.3 is 6.03 Å². The molecule has 0 spiro atoms. The maximum atomic E-state index is 11.4. The molecule has 112 valence electrons. The molecular formula is C15H16N6O. The summed E-state index contributed by atoms with van der Waals surface area (Å²) in [5.74, 6) is 0.606. The maximum Gasteiger partial charge on any atom is 0.318 e. The predicted octanol–water partition coefficient (Wildman–Crippen LogP) is 2.09. The predicted molar refractivity (Wildman–Crippen MR) is 84.6 cm³/mol. The van der Waals surface area contributed by atoms with Crippen molar-refractivity contribution >= 4 is 22.8 Å². The summed E-state index contributed by atoms with van der Waals surface area (Å²) in [5, 5.41) is 10.4. The van der Waals surface area contributed by atoms with Gasteiger partial charge in [-0.15, -0.1) is 0 Å². The van der Waals surface area contributed by atoms with Crippen LogP contribution in [-0.4, -0.2) is 32.8 Å². The topological polar surface area (TPSA) is 84.7 Å². The number of hydrogen-bond acceptors (Lipinski definition) is 4. The molecule has 7 nitrogen and oxygen atoms in total. The van der Waals surface area contributed by atoms with E-state index >= 15 is 0 Å². The molecule has 2 aromatic heterocycles. The molecule has 0 unspecified atom stereocenters. The van der Waals surface area contributed by atoms with Crippen LogP contribution in [0.2, 0.25) is 0 Å². The van der Waals surface area contributed by atoms with Crippen LogP contribution >= 0.6 is 0 Å². The number of aromatic nitrogens is 4. The molecule has 0 bridgehead atoms.